The summed E-state index contributed by atoms with van der Waals surface area (Å²) in [4.78, 5) is 0. The molecule has 2 atom stereocenters. The van der Waals surface area contributed by atoms with Gasteiger partial charge in [-0.25, -0.2) is 0 Å². The highest BCUT2D eigenvalue weighted by Crippen LogP contribution is 2.70. The number of fused-ring (bicyclic) bond motifs is 1. The molecule has 1 heteroatoms. The Balaban J connectivity index is 2.27. The number of aliphatic hydroxyl groups is 1. The van der Waals surface area contributed by atoms with Crippen LogP contribution in [0.25, 0.3) is 0 Å². The standard InChI is InChI=1S/C9H16O/c1-8(2)7-3-4-9(8,5-7)6-10/h7,10H,3-6H2,1-2H3/t7-,9+/m1/s1. The lowest BCUT2D eigenvalue weighted by Gasteiger charge is -2.54. The third-order valence-electron chi connectivity index (χ3n) is 4.30. The van der Waals surface area contributed by atoms with Crippen molar-refractivity contribution in [1.29, 1.82) is 0 Å². The van der Waals surface area contributed by atoms with Crippen LogP contribution in [0.4, 0.5) is 0 Å². The summed E-state index contributed by atoms with van der Waals surface area (Å²) in [5.74, 6) is 0.916. The fraction of sp³-hybridized carbons (Fsp3) is 1.00. The maximum atomic E-state index is 9.20. The first-order valence-corrected chi connectivity index (χ1v) is 4.23. The average molecular weight is 140 g/mol. The summed E-state index contributed by atoms with van der Waals surface area (Å²) < 4.78 is 0. The molecule has 3 aliphatic rings. The van der Waals surface area contributed by atoms with Crippen molar-refractivity contribution < 1.29 is 5.11 Å². The third-order valence-corrected chi connectivity index (χ3v) is 4.30. The average Bonchev–Trinajstić information content (AvgIpc) is 2.41. The Morgan fingerprint density at radius 3 is 2.40 bits per heavy atom. The largest absolute Gasteiger partial charge is 0.396 e. The molecule has 58 valence electrons. The van der Waals surface area contributed by atoms with E-state index in [1.807, 2.05) is 0 Å². The summed E-state index contributed by atoms with van der Waals surface area (Å²) >= 11 is 0. The Kier molecular flexibility index (Phi) is 1.05. The molecule has 0 heterocycles. The highest BCUT2D eigenvalue weighted by molar-refractivity contribution is 5.12. The number of rotatable bonds is 1. The monoisotopic (exact) mass is 140 g/mol. The van der Waals surface area contributed by atoms with Crippen LogP contribution in [0, 0.1) is 16.7 Å². The van der Waals surface area contributed by atoms with E-state index in [9.17, 15) is 5.11 Å². The van der Waals surface area contributed by atoms with Gasteiger partial charge >= 0.3 is 0 Å². The van der Waals surface area contributed by atoms with E-state index in [0.717, 1.165) is 5.92 Å². The van der Waals surface area contributed by atoms with Crippen LogP contribution in [-0.2, 0) is 0 Å². The van der Waals surface area contributed by atoms with Crippen molar-refractivity contribution in [2.75, 3.05) is 6.61 Å². The van der Waals surface area contributed by atoms with Gasteiger partial charge in [0.1, 0.15) is 0 Å². The first-order chi connectivity index (χ1) is 4.62. The van der Waals surface area contributed by atoms with Crippen LogP contribution in [-0.4, -0.2) is 11.7 Å². The SMILES string of the molecule is CC1(C)[C@@H]2CC[C@@]1(CO)C2. The molecule has 3 fully saturated rings. The highest BCUT2D eigenvalue weighted by atomic mass is 16.3. The zero-order valence-electron chi connectivity index (χ0n) is 6.85. The zero-order chi connectivity index (χ0) is 7.41. The van der Waals surface area contributed by atoms with Crippen molar-refractivity contribution in [3.05, 3.63) is 0 Å². The number of hydrogen-bond donors (Lipinski definition) is 1. The normalized spacial score (nSPS) is 48.9. The molecule has 0 aromatic rings. The fourth-order valence-corrected chi connectivity index (χ4v) is 2.98. The molecular weight excluding hydrogens is 124 g/mol. The van der Waals surface area contributed by atoms with Crippen molar-refractivity contribution in [1.82, 2.24) is 0 Å². The molecule has 2 bridgehead atoms. The van der Waals surface area contributed by atoms with Gasteiger partial charge < -0.3 is 5.11 Å². The first kappa shape index (κ1) is 6.66. The van der Waals surface area contributed by atoms with Gasteiger partial charge in [0.15, 0.2) is 0 Å². The van der Waals surface area contributed by atoms with Crippen molar-refractivity contribution in [3.8, 4) is 0 Å². The molecule has 1 nitrogen and oxygen atoms in total. The molecule has 10 heavy (non-hydrogen) atoms. The van der Waals surface area contributed by atoms with E-state index < -0.39 is 0 Å². The molecule has 0 spiro atoms. The second-order valence-corrected chi connectivity index (χ2v) is 4.60. The van der Waals surface area contributed by atoms with E-state index in [1.54, 1.807) is 0 Å². The van der Waals surface area contributed by atoms with Crippen LogP contribution in [0.3, 0.4) is 0 Å². The lowest BCUT2D eigenvalue weighted by Crippen LogP contribution is -2.50. The fourth-order valence-electron chi connectivity index (χ4n) is 2.98. The Bertz CT molecular complexity index is 158. The van der Waals surface area contributed by atoms with Crippen molar-refractivity contribution in [3.63, 3.8) is 0 Å². The van der Waals surface area contributed by atoms with E-state index >= 15 is 0 Å². The minimum absolute atomic E-state index is 0.331. The van der Waals surface area contributed by atoms with E-state index in [1.165, 1.54) is 19.3 Å². The van der Waals surface area contributed by atoms with Gasteiger partial charge in [0, 0.05) is 6.61 Å². The molecule has 3 saturated carbocycles. The van der Waals surface area contributed by atoms with Crippen LogP contribution < -0.4 is 0 Å². The van der Waals surface area contributed by atoms with Gasteiger partial charge in [-0.2, -0.15) is 0 Å². The molecule has 0 saturated heterocycles. The molecule has 0 unspecified atom stereocenters. The smallest absolute Gasteiger partial charge is 0.0492 e. The van der Waals surface area contributed by atoms with Gasteiger partial charge in [0.2, 0.25) is 0 Å². The lowest BCUT2D eigenvalue weighted by molar-refractivity contribution is -0.0904. The first-order valence-electron chi connectivity index (χ1n) is 4.23. The van der Waals surface area contributed by atoms with Gasteiger partial charge in [-0.3, -0.25) is 0 Å². The summed E-state index contributed by atoms with van der Waals surface area (Å²) in [5, 5.41) is 9.20. The van der Waals surface area contributed by atoms with Gasteiger partial charge in [0.25, 0.3) is 0 Å². The van der Waals surface area contributed by atoms with E-state index in [0.29, 0.717) is 17.4 Å². The Morgan fingerprint density at radius 2 is 2.20 bits per heavy atom. The quantitative estimate of drug-likeness (QED) is 0.589. The molecule has 1 N–H and O–H groups in total. The number of aliphatic hydroxyl groups excluding tert-OH is 1. The van der Waals surface area contributed by atoms with Gasteiger partial charge in [-0.15, -0.1) is 0 Å². The summed E-state index contributed by atoms with van der Waals surface area (Å²) in [6, 6.07) is 0. The van der Waals surface area contributed by atoms with E-state index in [4.69, 9.17) is 0 Å². The molecular formula is C9H16O. The molecule has 3 rings (SSSR count). The van der Waals surface area contributed by atoms with Gasteiger partial charge in [0.05, 0.1) is 0 Å². The van der Waals surface area contributed by atoms with Crippen molar-refractivity contribution in [2.45, 2.75) is 33.1 Å². The van der Waals surface area contributed by atoms with Crippen LogP contribution in [0.15, 0.2) is 0 Å². The van der Waals surface area contributed by atoms with Gasteiger partial charge in [-0.05, 0) is 36.0 Å². The summed E-state index contributed by atoms with van der Waals surface area (Å²) in [6.45, 7) is 5.03. The molecule has 0 aliphatic heterocycles. The Labute approximate surface area is 62.4 Å². The molecule has 0 amide bonds. The molecule has 0 radical (unpaired) electrons. The predicted molar refractivity (Wildman–Crippen MR) is 40.6 cm³/mol. The van der Waals surface area contributed by atoms with Crippen LogP contribution in [0.2, 0.25) is 0 Å². The third kappa shape index (κ3) is 0.460. The zero-order valence-corrected chi connectivity index (χ0v) is 6.85. The summed E-state index contributed by atoms with van der Waals surface area (Å²) in [5.41, 5.74) is 0.777. The molecule has 3 aliphatic carbocycles. The predicted octanol–water partition coefficient (Wildman–Crippen LogP) is 1.80. The minimum Gasteiger partial charge on any atom is -0.396 e. The van der Waals surface area contributed by atoms with Crippen LogP contribution in [0.1, 0.15) is 33.1 Å². The van der Waals surface area contributed by atoms with Crippen LogP contribution >= 0.6 is 0 Å². The Hall–Kier alpha value is -0.0400. The molecule has 0 aromatic heterocycles. The second kappa shape index (κ2) is 1.58. The highest BCUT2D eigenvalue weighted by Gasteiger charge is 2.63. The van der Waals surface area contributed by atoms with E-state index in [-0.39, 0.29) is 0 Å². The van der Waals surface area contributed by atoms with Crippen molar-refractivity contribution >= 4 is 0 Å². The summed E-state index contributed by atoms with van der Waals surface area (Å²) in [6.07, 6.45) is 3.91. The van der Waals surface area contributed by atoms with Gasteiger partial charge in [-0.1, -0.05) is 13.8 Å². The topological polar surface area (TPSA) is 20.2 Å². The van der Waals surface area contributed by atoms with E-state index in [2.05, 4.69) is 13.8 Å². The minimum atomic E-state index is 0.331. The van der Waals surface area contributed by atoms with Crippen LogP contribution in [0.5, 0.6) is 0 Å². The lowest BCUT2D eigenvalue weighted by atomic mass is 9.51. The second-order valence-electron chi connectivity index (χ2n) is 4.60. The Morgan fingerprint density at radius 1 is 1.50 bits per heavy atom. The molecule has 0 aromatic carbocycles. The number of hydrogen-bond acceptors (Lipinski definition) is 1. The maximum Gasteiger partial charge on any atom is 0.0492 e. The van der Waals surface area contributed by atoms with Crippen molar-refractivity contribution in [2.24, 2.45) is 16.7 Å². The summed E-state index contributed by atoms with van der Waals surface area (Å²) in [7, 11) is 0. The maximum absolute atomic E-state index is 9.20.